The number of carbonyl (C=O) groups excluding carboxylic acids is 2. The fraction of sp³-hybridized carbons (Fsp3) is 0.429. The largest absolute Gasteiger partial charge is 0.399 e. The predicted molar refractivity (Wildman–Crippen MR) is 77.0 cm³/mol. The van der Waals surface area contributed by atoms with Crippen molar-refractivity contribution >= 4 is 17.5 Å². The van der Waals surface area contributed by atoms with Gasteiger partial charge in [-0.2, -0.15) is 0 Å². The standard InChI is InChI=1S/C14H19FN4O2/c15-11-6-10(7-12(16)8-11)14(21)19-3-1-2-18(4-5-19)9-13(17)20/h6-8H,1-5,9,16H2,(H2,17,20). The van der Waals surface area contributed by atoms with Gasteiger partial charge in [0.2, 0.25) is 5.91 Å². The Kier molecular flexibility index (Phi) is 4.74. The minimum absolute atomic E-state index is 0.189. The Labute approximate surface area is 122 Å². The summed E-state index contributed by atoms with van der Waals surface area (Å²) in [6.45, 7) is 2.50. The molecule has 0 aromatic heterocycles. The molecule has 21 heavy (non-hydrogen) atoms. The number of hydrogen-bond acceptors (Lipinski definition) is 4. The summed E-state index contributed by atoms with van der Waals surface area (Å²) in [5.41, 5.74) is 11.2. The summed E-state index contributed by atoms with van der Waals surface area (Å²) in [4.78, 5) is 26.9. The number of nitrogen functional groups attached to an aromatic ring is 1. The summed E-state index contributed by atoms with van der Waals surface area (Å²) in [5.74, 6) is -1.15. The number of primary amides is 1. The average molecular weight is 294 g/mol. The molecule has 0 unspecified atom stereocenters. The number of hydrogen-bond donors (Lipinski definition) is 2. The van der Waals surface area contributed by atoms with E-state index in [-0.39, 0.29) is 29.6 Å². The van der Waals surface area contributed by atoms with Crippen molar-refractivity contribution in [1.82, 2.24) is 9.80 Å². The summed E-state index contributed by atoms with van der Waals surface area (Å²) >= 11 is 0. The zero-order valence-electron chi connectivity index (χ0n) is 11.7. The molecular weight excluding hydrogens is 275 g/mol. The molecule has 2 rings (SSSR count). The van der Waals surface area contributed by atoms with E-state index in [1.54, 1.807) is 4.90 Å². The molecule has 1 heterocycles. The smallest absolute Gasteiger partial charge is 0.254 e. The number of nitrogens with zero attached hydrogens (tertiary/aromatic N) is 2. The van der Waals surface area contributed by atoms with Crippen LogP contribution in [0.3, 0.4) is 0 Å². The van der Waals surface area contributed by atoms with E-state index in [0.717, 1.165) is 6.42 Å². The van der Waals surface area contributed by atoms with Crippen molar-refractivity contribution in [3.8, 4) is 0 Å². The predicted octanol–water partition coefficient (Wildman–Crippen LogP) is 0.0411. The lowest BCUT2D eigenvalue weighted by Gasteiger charge is -2.21. The highest BCUT2D eigenvalue weighted by Gasteiger charge is 2.21. The fourth-order valence-electron chi connectivity index (χ4n) is 2.47. The molecule has 0 aliphatic carbocycles. The van der Waals surface area contributed by atoms with Crippen molar-refractivity contribution in [3.63, 3.8) is 0 Å². The molecule has 1 aromatic carbocycles. The van der Waals surface area contributed by atoms with Gasteiger partial charge in [-0.1, -0.05) is 0 Å². The number of anilines is 1. The third-order valence-corrected chi connectivity index (χ3v) is 3.42. The van der Waals surface area contributed by atoms with Crippen LogP contribution in [0.4, 0.5) is 10.1 Å². The fourth-order valence-corrected chi connectivity index (χ4v) is 2.47. The quantitative estimate of drug-likeness (QED) is 0.770. The molecular formula is C14H19FN4O2. The Balaban J connectivity index is 2.04. The number of carbonyl (C=O) groups is 2. The summed E-state index contributed by atoms with van der Waals surface area (Å²) in [6.07, 6.45) is 0.740. The first-order valence-corrected chi connectivity index (χ1v) is 6.81. The number of amides is 2. The summed E-state index contributed by atoms with van der Waals surface area (Å²) in [5, 5.41) is 0. The van der Waals surface area contributed by atoms with Crippen LogP contribution in [0, 0.1) is 5.82 Å². The second-order valence-corrected chi connectivity index (χ2v) is 5.16. The van der Waals surface area contributed by atoms with Crippen LogP contribution in [0.1, 0.15) is 16.8 Å². The first-order chi connectivity index (χ1) is 9.95. The van der Waals surface area contributed by atoms with E-state index >= 15 is 0 Å². The molecule has 0 saturated carbocycles. The monoisotopic (exact) mass is 294 g/mol. The third-order valence-electron chi connectivity index (χ3n) is 3.42. The Bertz CT molecular complexity index is 530. The van der Waals surface area contributed by atoms with Crippen LogP contribution in [0.2, 0.25) is 0 Å². The Morgan fingerprint density at radius 2 is 1.90 bits per heavy atom. The Morgan fingerprint density at radius 3 is 2.57 bits per heavy atom. The lowest BCUT2D eigenvalue weighted by atomic mass is 10.1. The van der Waals surface area contributed by atoms with Gasteiger partial charge in [-0.25, -0.2) is 4.39 Å². The highest BCUT2D eigenvalue weighted by atomic mass is 19.1. The Morgan fingerprint density at radius 1 is 1.14 bits per heavy atom. The number of nitrogens with two attached hydrogens (primary N) is 2. The lowest BCUT2D eigenvalue weighted by molar-refractivity contribution is -0.119. The van der Waals surface area contributed by atoms with Crippen molar-refractivity contribution < 1.29 is 14.0 Å². The molecule has 0 spiro atoms. The molecule has 2 amide bonds. The molecule has 0 bridgehead atoms. The molecule has 114 valence electrons. The molecule has 0 atom stereocenters. The van der Waals surface area contributed by atoms with Crippen molar-refractivity contribution in [1.29, 1.82) is 0 Å². The number of halogens is 1. The molecule has 1 fully saturated rings. The highest BCUT2D eigenvalue weighted by molar-refractivity contribution is 5.95. The van der Waals surface area contributed by atoms with Gasteiger partial charge >= 0.3 is 0 Å². The second-order valence-electron chi connectivity index (χ2n) is 5.16. The maximum Gasteiger partial charge on any atom is 0.254 e. The summed E-state index contributed by atoms with van der Waals surface area (Å²) in [7, 11) is 0. The van der Waals surface area contributed by atoms with Crippen LogP contribution < -0.4 is 11.5 Å². The van der Waals surface area contributed by atoms with E-state index in [1.165, 1.54) is 18.2 Å². The van der Waals surface area contributed by atoms with Crippen molar-refractivity contribution in [2.24, 2.45) is 5.73 Å². The van der Waals surface area contributed by atoms with Crippen LogP contribution >= 0.6 is 0 Å². The lowest BCUT2D eigenvalue weighted by Crippen LogP contribution is -2.38. The van der Waals surface area contributed by atoms with Crippen molar-refractivity contribution in [3.05, 3.63) is 29.6 Å². The molecule has 1 aliphatic rings. The minimum Gasteiger partial charge on any atom is -0.399 e. The molecule has 1 aliphatic heterocycles. The van der Waals surface area contributed by atoms with Gasteiger partial charge in [0.15, 0.2) is 0 Å². The molecule has 1 saturated heterocycles. The second kappa shape index (κ2) is 6.53. The summed E-state index contributed by atoms with van der Waals surface area (Å²) < 4.78 is 13.3. The van der Waals surface area contributed by atoms with Gasteiger partial charge in [-0.05, 0) is 24.6 Å². The maximum absolute atomic E-state index is 13.3. The molecule has 6 nitrogen and oxygen atoms in total. The van der Waals surface area contributed by atoms with Crippen LogP contribution in [0.15, 0.2) is 18.2 Å². The zero-order chi connectivity index (χ0) is 15.4. The van der Waals surface area contributed by atoms with Gasteiger partial charge in [0, 0.05) is 37.4 Å². The van der Waals surface area contributed by atoms with E-state index in [1.807, 2.05) is 4.90 Å². The van der Waals surface area contributed by atoms with E-state index in [4.69, 9.17) is 11.5 Å². The third kappa shape index (κ3) is 4.16. The number of benzene rings is 1. The van der Waals surface area contributed by atoms with Crippen LogP contribution in [-0.4, -0.2) is 54.3 Å². The van der Waals surface area contributed by atoms with Gasteiger partial charge in [0.05, 0.1) is 6.54 Å². The van der Waals surface area contributed by atoms with E-state index in [2.05, 4.69) is 0 Å². The molecule has 4 N–H and O–H groups in total. The van der Waals surface area contributed by atoms with Crippen molar-refractivity contribution in [2.75, 3.05) is 38.5 Å². The van der Waals surface area contributed by atoms with Crippen LogP contribution in [0.25, 0.3) is 0 Å². The van der Waals surface area contributed by atoms with Gasteiger partial charge in [0.1, 0.15) is 5.82 Å². The van der Waals surface area contributed by atoms with Gasteiger partial charge in [-0.3, -0.25) is 14.5 Å². The first kappa shape index (κ1) is 15.2. The van der Waals surface area contributed by atoms with Gasteiger partial charge in [-0.15, -0.1) is 0 Å². The van der Waals surface area contributed by atoms with Gasteiger partial charge < -0.3 is 16.4 Å². The molecule has 7 heteroatoms. The highest BCUT2D eigenvalue weighted by Crippen LogP contribution is 2.14. The van der Waals surface area contributed by atoms with Crippen molar-refractivity contribution in [2.45, 2.75) is 6.42 Å². The van der Waals surface area contributed by atoms with E-state index in [0.29, 0.717) is 26.2 Å². The summed E-state index contributed by atoms with van der Waals surface area (Å²) in [6, 6.07) is 3.83. The Hall–Kier alpha value is -2.15. The first-order valence-electron chi connectivity index (χ1n) is 6.81. The SMILES string of the molecule is NC(=O)CN1CCCN(C(=O)c2cc(N)cc(F)c2)CC1. The maximum atomic E-state index is 13.3. The zero-order valence-corrected chi connectivity index (χ0v) is 11.7. The average Bonchev–Trinajstić information content (AvgIpc) is 2.61. The molecule has 0 radical (unpaired) electrons. The van der Waals surface area contributed by atoms with Crippen LogP contribution in [0.5, 0.6) is 0 Å². The molecule has 1 aromatic rings. The van der Waals surface area contributed by atoms with E-state index in [9.17, 15) is 14.0 Å². The van der Waals surface area contributed by atoms with Crippen LogP contribution in [-0.2, 0) is 4.79 Å². The minimum atomic E-state index is -0.525. The normalized spacial score (nSPS) is 16.5. The van der Waals surface area contributed by atoms with Gasteiger partial charge in [0.25, 0.3) is 5.91 Å². The van der Waals surface area contributed by atoms with E-state index < -0.39 is 5.82 Å². The number of rotatable bonds is 3. The topological polar surface area (TPSA) is 92.7 Å².